The minimum Gasteiger partial charge on any atom is -0.492 e. The van der Waals surface area contributed by atoms with Gasteiger partial charge in [0.1, 0.15) is 5.75 Å². The van der Waals surface area contributed by atoms with Gasteiger partial charge in [-0.1, -0.05) is 31.0 Å². The summed E-state index contributed by atoms with van der Waals surface area (Å²) >= 11 is 6.28. The van der Waals surface area contributed by atoms with Crippen molar-refractivity contribution in [1.82, 2.24) is 4.90 Å². The molecule has 1 aliphatic heterocycles. The lowest BCUT2D eigenvalue weighted by atomic mass is 9.77. The van der Waals surface area contributed by atoms with Gasteiger partial charge in [-0.2, -0.15) is 0 Å². The molecule has 0 spiro atoms. The van der Waals surface area contributed by atoms with Gasteiger partial charge >= 0.3 is 0 Å². The number of piperidine rings is 1. The molecule has 1 aromatic carbocycles. The zero-order valence-corrected chi connectivity index (χ0v) is 14.5. The molecule has 1 unspecified atom stereocenters. The number of hydrogen-bond acceptors (Lipinski definition) is 3. The first-order chi connectivity index (χ1) is 10.6. The van der Waals surface area contributed by atoms with Gasteiger partial charge in [-0.3, -0.25) is 4.90 Å². The summed E-state index contributed by atoms with van der Waals surface area (Å²) in [7, 11) is 0. The van der Waals surface area contributed by atoms with Crippen LogP contribution >= 0.6 is 11.6 Å². The van der Waals surface area contributed by atoms with E-state index in [1.165, 1.54) is 5.56 Å². The molecule has 0 saturated carbocycles. The van der Waals surface area contributed by atoms with Gasteiger partial charge in [0, 0.05) is 25.1 Å². The van der Waals surface area contributed by atoms with Crippen LogP contribution in [0, 0.1) is 5.41 Å². The maximum Gasteiger partial charge on any atom is 0.137 e. The molecule has 3 nitrogen and oxygen atoms in total. The molecule has 2 rings (SSSR count). The van der Waals surface area contributed by atoms with E-state index in [4.69, 9.17) is 16.3 Å². The molecule has 4 heteroatoms. The van der Waals surface area contributed by atoms with E-state index in [0.717, 1.165) is 51.1 Å². The van der Waals surface area contributed by atoms with Gasteiger partial charge in [0.05, 0.1) is 11.6 Å². The van der Waals surface area contributed by atoms with Crippen LogP contribution in [0.25, 0.3) is 0 Å². The fraction of sp³-hybridized carbons (Fsp3) is 0.667. The van der Waals surface area contributed by atoms with Crippen molar-refractivity contribution in [3.63, 3.8) is 0 Å². The maximum atomic E-state index is 9.83. The second-order valence-corrected chi connectivity index (χ2v) is 6.83. The lowest BCUT2D eigenvalue weighted by Crippen LogP contribution is -2.44. The molecule has 1 saturated heterocycles. The molecule has 1 atom stereocenters. The Balaban J connectivity index is 2.02. The first-order valence-electron chi connectivity index (χ1n) is 8.37. The summed E-state index contributed by atoms with van der Waals surface area (Å²) < 4.78 is 5.49. The topological polar surface area (TPSA) is 32.7 Å². The summed E-state index contributed by atoms with van der Waals surface area (Å²) in [4.78, 5) is 2.45. The summed E-state index contributed by atoms with van der Waals surface area (Å²) in [6.07, 6.45) is 4.52. The highest BCUT2D eigenvalue weighted by atomic mass is 35.5. The Bertz CT molecular complexity index is 476. The third kappa shape index (κ3) is 4.37. The van der Waals surface area contributed by atoms with Crippen LogP contribution in [0.4, 0.5) is 0 Å². The Morgan fingerprint density at radius 1 is 1.36 bits per heavy atom. The number of ether oxygens (including phenoxy) is 1. The molecular formula is C18H28ClNO2. The molecule has 1 fully saturated rings. The first kappa shape index (κ1) is 17.6. The number of rotatable bonds is 7. The minimum atomic E-state index is 0.0854. The Morgan fingerprint density at radius 2 is 2.18 bits per heavy atom. The molecule has 124 valence electrons. The van der Waals surface area contributed by atoms with Crippen molar-refractivity contribution in [2.24, 2.45) is 5.41 Å². The van der Waals surface area contributed by atoms with Crippen LogP contribution < -0.4 is 4.74 Å². The number of halogens is 1. The Morgan fingerprint density at radius 3 is 2.82 bits per heavy atom. The second kappa shape index (κ2) is 8.19. The minimum absolute atomic E-state index is 0.0854. The first-order valence-corrected chi connectivity index (χ1v) is 8.74. The van der Waals surface area contributed by atoms with Crippen molar-refractivity contribution in [1.29, 1.82) is 0 Å². The highest BCUT2D eigenvalue weighted by Crippen LogP contribution is 2.35. The number of benzene rings is 1. The maximum absolute atomic E-state index is 9.83. The van der Waals surface area contributed by atoms with Gasteiger partial charge < -0.3 is 9.84 Å². The average molecular weight is 326 g/mol. The van der Waals surface area contributed by atoms with Crippen LogP contribution in [0.1, 0.15) is 45.1 Å². The smallest absolute Gasteiger partial charge is 0.137 e. The molecule has 0 aliphatic carbocycles. The van der Waals surface area contributed by atoms with E-state index in [9.17, 15) is 5.11 Å². The SMILES string of the molecule is CCCC1(CO)CCCN(Cc2ccc(OCC)c(Cl)c2)C1. The van der Waals surface area contributed by atoms with Crippen molar-refractivity contribution in [2.75, 3.05) is 26.3 Å². The summed E-state index contributed by atoms with van der Waals surface area (Å²) in [5.41, 5.74) is 1.29. The zero-order valence-electron chi connectivity index (χ0n) is 13.8. The third-order valence-corrected chi connectivity index (χ3v) is 4.85. The quantitative estimate of drug-likeness (QED) is 0.818. The van der Waals surface area contributed by atoms with Crippen LogP contribution in [0.2, 0.25) is 5.02 Å². The average Bonchev–Trinajstić information content (AvgIpc) is 2.51. The highest BCUT2D eigenvalue weighted by Gasteiger charge is 2.33. The van der Waals surface area contributed by atoms with Crippen LogP contribution in [-0.4, -0.2) is 36.3 Å². The van der Waals surface area contributed by atoms with Crippen molar-refractivity contribution in [3.8, 4) is 5.75 Å². The lowest BCUT2D eigenvalue weighted by molar-refractivity contribution is 0.0216. The molecule has 0 aromatic heterocycles. The molecule has 22 heavy (non-hydrogen) atoms. The fourth-order valence-electron chi connectivity index (χ4n) is 3.56. The van der Waals surface area contributed by atoms with Crippen LogP contribution in [-0.2, 0) is 6.54 Å². The second-order valence-electron chi connectivity index (χ2n) is 6.42. The van der Waals surface area contributed by atoms with Crippen LogP contribution in [0.15, 0.2) is 18.2 Å². The summed E-state index contributed by atoms with van der Waals surface area (Å²) in [6.45, 7) is 8.03. The summed E-state index contributed by atoms with van der Waals surface area (Å²) in [5.74, 6) is 0.752. The molecule has 1 aliphatic rings. The van der Waals surface area contributed by atoms with Gasteiger partial charge in [0.15, 0.2) is 0 Å². The number of hydrogen-bond donors (Lipinski definition) is 1. The van der Waals surface area contributed by atoms with E-state index in [0.29, 0.717) is 18.2 Å². The van der Waals surface area contributed by atoms with Crippen LogP contribution in [0.3, 0.4) is 0 Å². The molecular weight excluding hydrogens is 298 g/mol. The number of aliphatic hydroxyl groups excluding tert-OH is 1. The molecule has 1 heterocycles. The van der Waals surface area contributed by atoms with Crippen molar-refractivity contribution in [2.45, 2.75) is 46.1 Å². The van der Waals surface area contributed by atoms with E-state index >= 15 is 0 Å². The molecule has 0 bridgehead atoms. The third-order valence-electron chi connectivity index (χ3n) is 4.56. The predicted octanol–water partition coefficient (Wildman–Crippen LogP) is 4.11. The lowest BCUT2D eigenvalue weighted by Gasteiger charge is -2.42. The molecule has 0 amide bonds. The van der Waals surface area contributed by atoms with Gasteiger partial charge in [-0.05, 0) is 50.4 Å². The highest BCUT2D eigenvalue weighted by molar-refractivity contribution is 6.32. The van der Waals surface area contributed by atoms with Gasteiger partial charge in [0.2, 0.25) is 0 Å². The number of aliphatic hydroxyl groups is 1. The van der Waals surface area contributed by atoms with E-state index < -0.39 is 0 Å². The summed E-state index contributed by atoms with van der Waals surface area (Å²) in [6, 6.07) is 6.05. The Hall–Kier alpha value is -0.770. The predicted molar refractivity (Wildman–Crippen MR) is 91.6 cm³/mol. The standard InChI is InChI=1S/C18H28ClNO2/c1-3-8-18(14-21)9-5-10-20(13-18)12-15-6-7-17(22-4-2)16(19)11-15/h6-7,11,21H,3-5,8-10,12-14H2,1-2H3. The Labute approximate surface area is 139 Å². The van der Waals surface area contributed by atoms with E-state index in [1.807, 2.05) is 19.1 Å². The number of likely N-dealkylation sites (tertiary alicyclic amines) is 1. The van der Waals surface area contributed by atoms with E-state index in [2.05, 4.69) is 17.9 Å². The normalized spacial score (nSPS) is 22.7. The van der Waals surface area contributed by atoms with Crippen molar-refractivity contribution < 1.29 is 9.84 Å². The van der Waals surface area contributed by atoms with Crippen molar-refractivity contribution in [3.05, 3.63) is 28.8 Å². The van der Waals surface area contributed by atoms with Gasteiger partial charge in [-0.15, -0.1) is 0 Å². The fourth-order valence-corrected chi connectivity index (χ4v) is 3.82. The van der Waals surface area contributed by atoms with Crippen LogP contribution in [0.5, 0.6) is 5.75 Å². The summed E-state index contributed by atoms with van der Waals surface area (Å²) in [5, 5.41) is 10.5. The monoisotopic (exact) mass is 325 g/mol. The molecule has 1 N–H and O–H groups in total. The number of nitrogens with zero attached hydrogens (tertiary/aromatic N) is 1. The van der Waals surface area contributed by atoms with Gasteiger partial charge in [0.25, 0.3) is 0 Å². The Kier molecular flexibility index (Phi) is 6.54. The van der Waals surface area contributed by atoms with E-state index in [-0.39, 0.29) is 5.41 Å². The van der Waals surface area contributed by atoms with E-state index in [1.54, 1.807) is 0 Å². The molecule has 1 aromatic rings. The molecule has 0 radical (unpaired) electrons. The largest absolute Gasteiger partial charge is 0.492 e. The van der Waals surface area contributed by atoms with Crippen molar-refractivity contribution >= 4 is 11.6 Å². The van der Waals surface area contributed by atoms with Gasteiger partial charge in [-0.25, -0.2) is 0 Å². The zero-order chi connectivity index (χ0) is 16.0.